The monoisotopic (exact) mass is 339 g/mol. The average molecular weight is 339 g/mol. The van der Waals surface area contributed by atoms with Crippen LogP contribution in [0.5, 0.6) is 0 Å². The van der Waals surface area contributed by atoms with Crippen molar-refractivity contribution in [3.63, 3.8) is 0 Å². The second-order valence-electron chi connectivity index (χ2n) is 5.88. The molecule has 0 saturated carbocycles. The number of aromatic nitrogens is 2. The van der Waals surface area contributed by atoms with Gasteiger partial charge in [-0.05, 0) is 37.6 Å². The third-order valence-corrected chi connectivity index (χ3v) is 3.69. The maximum Gasteiger partial charge on any atom is 0.390 e. The van der Waals surface area contributed by atoms with Crippen molar-refractivity contribution in [1.29, 1.82) is 0 Å². The first kappa shape index (κ1) is 18.0. The van der Waals surface area contributed by atoms with E-state index in [1.807, 2.05) is 30.7 Å². The molecule has 1 heterocycles. The molecule has 4 nitrogen and oxygen atoms in total. The molecular weight excluding hydrogens is 319 g/mol. The number of aryl methyl sites for hydroxylation is 2. The van der Waals surface area contributed by atoms with E-state index in [1.165, 1.54) is 7.05 Å². The van der Waals surface area contributed by atoms with E-state index in [0.717, 1.165) is 21.9 Å². The second kappa shape index (κ2) is 7.07. The highest BCUT2D eigenvalue weighted by Gasteiger charge is 2.28. The predicted molar refractivity (Wildman–Crippen MR) is 84.9 cm³/mol. The van der Waals surface area contributed by atoms with Crippen LogP contribution in [0.4, 0.5) is 13.2 Å². The summed E-state index contributed by atoms with van der Waals surface area (Å²) >= 11 is 0. The summed E-state index contributed by atoms with van der Waals surface area (Å²) in [5.74, 6) is -0.422. The predicted octanol–water partition coefficient (Wildman–Crippen LogP) is 3.57. The molecule has 0 aliphatic carbocycles. The molecule has 0 aliphatic rings. The Balaban J connectivity index is 2.09. The Bertz CT molecular complexity index is 722. The highest BCUT2D eigenvalue weighted by molar-refractivity contribution is 5.94. The summed E-state index contributed by atoms with van der Waals surface area (Å²) in [5.41, 5.74) is 3.16. The van der Waals surface area contributed by atoms with E-state index in [-0.39, 0.29) is 6.54 Å². The van der Waals surface area contributed by atoms with Crippen molar-refractivity contribution in [3.05, 3.63) is 52.8 Å². The SMILES string of the molecule is Cc1cc(C)n(Cc2cccc(C(=O)N(C)CCC(F)(F)F)c2)n1. The van der Waals surface area contributed by atoms with Gasteiger partial charge < -0.3 is 4.90 Å². The molecule has 130 valence electrons. The van der Waals surface area contributed by atoms with Crippen LogP contribution in [0.15, 0.2) is 30.3 Å². The molecule has 2 rings (SSSR count). The van der Waals surface area contributed by atoms with E-state index in [1.54, 1.807) is 18.2 Å². The Hall–Kier alpha value is -2.31. The van der Waals surface area contributed by atoms with Gasteiger partial charge in [0.2, 0.25) is 0 Å². The number of benzene rings is 1. The van der Waals surface area contributed by atoms with Gasteiger partial charge in [-0.2, -0.15) is 18.3 Å². The van der Waals surface area contributed by atoms with Crippen LogP contribution in [-0.4, -0.2) is 40.4 Å². The van der Waals surface area contributed by atoms with Crippen molar-refractivity contribution in [2.45, 2.75) is 33.0 Å². The quantitative estimate of drug-likeness (QED) is 0.835. The Morgan fingerprint density at radius 2 is 1.96 bits per heavy atom. The minimum Gasteiger partial charge on any atom is -0.341 e. The van der Waals surface area contributed by atoms with Crippen LogP contribution in [0, 0.1) is 13.8 Å². The molecule has 1 aromatic carbocycles. The summed E-state index contributed by atoms with van der Waals surface area (Å²) in [4.78, 5) is 13.4. The molecule has 1 amide bonds. The molecule has 0 bridgehead atoms. The van der Waals surface area contributed by atoms with Crippen molar-refractivity contribution in [2.24, 2.45) is 0 Å². The molecule has 2 aromatic rings. The Labute approximate surface area is 138 Å². The summed E-state index contributed by atoms with van der Waals surface area (Å²) < 4.78 is 38.7. The minimum absolute atomic E-state index is 0.357. The number of nitrogens with zero attached hydrogens (tertiary/aromatic N) is 3. The zero-order chi connectivity index (χ0) is 17.9. The number of amides is 1. The summed E-state index contributed by atoms with van der Waals surface area (Å²) in [6.45, 7) is 4.00. The van der Waals surface area contributed by atoms with Gasteiger partial charge in [0.1, 0.15) is 0 Å². The molecule has 0 spiro atoms. The fraction of sp³-hybridized carbons (Fsp3) is 0.412. The minimum atomic E-state index is -4.27. The van der Waals surface area contributed by atoms with Crippen molar-refractivity contribution < 1.29 is 18.0 Å². The van der Waals surface area contributed by atoms with Gasteiger partial charge in [-0.1, -0.05) is 12.1 Å². The second-order valence-corrected chi connectivity index (χ2v) is 5.88. The molecular formula is C17H20F3N3O. The standard InChI is InChI=1S/C17H20F3N3O/c1-12-9-13(2)23(21-12)11-14-5-4-6-15(10-14)16(24)22(3)8-7-17(18,19)20/h4-6,9-10H,7-8,11H2,1-3H3. The maximum absolute atomic E-state index is 12.3. The third kappa shape index (κ3) is 4.84. The molecule has 0 atom stereocenters. The van der Waals surface area contributed by atoms with Crippen LogP contribution < -0.4 is 0 Å². The van der Waals surface area contributed by atoms with Gasteiger partial charge >= 0.3 is 6.18 Å². The third-order valence-electron chi connectivity index (χ3n) is 3.69. The van der Waals surface area contributed by atoms with Crippen LogP contribution in [0.2, 0.25) is 0 Å². The van der Waals surface area contributed by atoms with E-state index < -0.39 is 18.5 Å². The maximum atomic E-state index is 12.3. The molecule has 0 fully saturated rings. The van der Waals surface area contributed by atoms with Crippen LogP contribution in [0.25, 0.3) is 0 Å². The average Bonchev–Trinajstić information content (AvgIpc) is 2.81. The fourth-order valence-electron chi connectivity index (χ4n) is 2.43. The van der Waals surface area contributed by atoms with Gasteiger partial charge in [0.25, 0.3) is 5.91 Å². The van der Waals surface area contributed by atoms with Crippen molar-refractivity contribution in [2.75, 3.05) is 13.6 Å². The largest absolute Gasteiger partial charge is 0.390 e. The first-order chi connectivity index (χ1) is 11.2. The topological polar surface area (TPSA) is 38.1 Å². The highest BCUT2D eigenvalue weighted by atomic mass is 19.4. The summed E-state index contributed by atoms with van der Waals surface area (Å²) in [7, 11) is 1.38. The molecule has 0 radical (unpaired) electrons. The molecule has 0 N–H and O–H groups in total. The number of rotatable bonds is 5. The Morgan fingerprint density at radius 1 is 1.25 bits per heavy atom. The lowest BCUT2D eigenvalue weighted by Gasteiger charge is -2.18. The van der Waals surface area contributed by atoms with E-state index in [0.29, 0.717) is 12.1 Å². The van der Waals surface area contributed by atoms with Crippen LogP contribution in [0.3, 0.4) is 0 Å². The molecule has 0 saturated heterocycles. The molecule has 0 unspecified atom stereocenters. The van der Waals surface area contributed by atoms with Crippen LogP contribution in [-0.2, 0) is 6.54 Å². The smallest absolute Gasteiger partial charge is 0.341 e. The zero-order valence-corrected chi connectivity index (χ0v) is 13.9. The van der Waals surface area contributed by atoms with E-state index in [9.17, 15) is 18.0 Å². The fourth-order valence-corrected chi connectivity index (χ4v) is 2.43. The summed E-state index contributed by atoms with van der Waals surface area (Å²) in [5, 5.41) is 4.37. The number of alkyl halides is 3. The number of carbonyl (C=O) groups excluding carboxylic acids is 1. The van der Waals surface area contributed by atoms with Crippen molar-refractivity contribution in [3.8, 4) is 0 Å². The number of hydrogen-bond acceptors (Lipinski definition) is 2. The van der Waals surface area contributed by atoms with Gasteiger partial charge in [0.05, 0.1) is 18.7 Å². The molecule has 0 aliphatic heterocycles. The Morgan fingerprint density at radius 3 is 2.54 bits per heavy atom. The molecule has 7 heteroatoms. The van der Waals surface area contributed by atoms with Gasteiger partial charge in [-0.25, -0.2) is 0 Å². The summed E-state index contributed by atoms with van der Waals surface area (Å²) in [6, 6.07) is 8.86. The van der Waals surface area contributed by atoms with Crippen molar-refractivity contribution >= 4 is 5.91 Å². The Kier molecular flexibility index (Phi) is 5.31. The summed E-state index contributed by atoms with van der Waals surface area (Å²) in [6.07, 6.45) is -5.29. The highest BCUT2D eigenvalue weighted by Crippen LogP contribution is 2.20. The van der Waals surface area contributed by atoms with E-state index in [4.69, 9.17) is 0 Å². The lowest BCUT2D eigenvalue weighted by atomic mass is 10.1. The van der Waals surface area contributed by atoms with E-state index >= 15 is 0 Å². The van der Waals surface area contributed by atoms with Crippen molar-refractivity contribution in [1.82, 2.24) is 14.7 Å². The number of carbonyl (C=O) groups is 1. The number of hydrogen-bond donors (Lipinski definition) is 0. The van der Waals surface area contributed by atoms with Gasteiger partial charge in [0.15, 0.2) is 0 Å². The molecule has 24 heavy (non-hydrogen) atoms. The van der Waals surface area contributed by atoms with Gasteiger partial charge in [-0.3, -0.25) is 9.48 Å². The van der Waals surface area contributed by atoms with Crippen LogP contribution >= 0.6 is 0 Å². The normalized spacial score (nSPS) is 11.6. The lowest BCUT2D eigenvalue weighted by Crippen LogP contribution is -2.30. The first-order valence-electron chi connectivity index (χ1n) is 7.58. The number of halogens is 3. The zero-order valence-electron chi connectivity index (χ0n) is 13.9. The first-order valence-corrected chi connectivity index (χ1v) is 7.58. The molecule has 1 aromatic heterocycles. The lowest BCUT2D eigenvalue weighted by molar-refractivity contribution is -0.136. The van der Waals surface area contributed by atoms with Gasteiger partial charge in [-0.15, -0.1) is 0 Å². The van der Waals surface area contributed by atoms with Crippen LogP contribution in [0.1, 0.15) is 33.7 Å². The van der Waals surface area contributed by atoms with Gasteiger partial charge in [0, 0.05) is 24.8 Å². The van der Waals surface area contributed by atoms with E-state index in [2.05, 4.69) is 5.10 Å².